The summed E-state index contributed by atoms with van der Waals surface area (Å²) in [5.41, 5.74) is 0. The molecule has 3 aliphatic rings. The Hall–Kier alpha value is -0.870. The van der Waals surface area contributed by atoms with Crippen molar-refractivity contribution in [2.45, 2.75) is 48.3 Å². The van der Waals surface area contributed by atoms with Crippen molar-refractivity contribution < 1.29 is 8.42 Å². The van der Waals surface area contributed by atoms with Crippen LogP contribution in [0.15, 0.2) is 35.2 Å². The molecule has 4 heteroatoms. The normalized spacial score (nSPS) is 36.4. The smallest absolute Gasteiger partial charge is 0.182 e. The van der Waals surface area contributed by atoms with Gasteiger partial charge in [-0.3, -0.25) is 4.90 Å². The van der Waals surface area contributed by atoms with Crippen molar-refractivity contribution >= 4 is 9.84 Å². The van der Waals surface area contributed by atoms with Crippen molar-refractivity contribution in [2.75, 3.05) is 13.1 Å². The molecular formula is C17H23NO2S. The number of hydrogen-bond acceptors (Lipinski definition) is 3. The van der Waals surface area contributed by atoms with Crippen molar-refractivity contribution in [1.29, 1.82) is 0 Å². The molecule has 1 aromatic rings. The topological polar surface area (TPSA) is 37.4 Å². The fourth-order valence-electron chi connectivity index (χ4n) is 5.00. The van der Waals surface area contributed by atoms with Crippen LogP contribution in [0, 0.1) is 11.8 Å². The van der Waals surface area contributed by atoms with Crippen molar-refractivity contribution in [3.63, 3.8) is 0 Å². The molecule has 0 bridgehead atoms. The number of rotatable bonds is 2. The molecular weight excluding hydrogens is 282 g/mol. The molecule has 0 radical (unpaired) electrons. The van der Waals surface area contributed by atoms with E-state index < -0.39 is 9.84 Å². The van der Waals surface area contributed by atoms with E-state index in [1.807, 2.05) is 18.2 Å². The number of piperidine rings is 1. The van der Waals surface area contributed by atoms with Crippen LogP contribution in [0.5, 0.6) is 0 Å². The van der Waals surface area contributed by atoms with E-state index in [1.54, 1.807) is 12.1 Å². The van der Waals surface area contributed by atoms with Gasteiger partial charge in [0.25, 0.3) is 0 Å². The largest absolute Gasteiger partial charge is 0.298 e. The monoisotopic (exact) mass is 305 g/mol. The summed E-state index contributed by atoms with van der Waals surface area (Å²) in [5.74, 6) is 1.10. The fraction of sp³-hybridized carbons (Fsp3) is 0.647. The maximum absolute atomic E-state index is 13.1. The second kappa shape index (κ2) is 5.10. The van der Waals surface area contributed by atoms with Crippen molar-refractivity contribution in [3.8, 4) is 0 Å². The van der Waals surface area contributed by atoms with Gasteiger partial charge in [-0.1, -0.05) is 24.6 Å². The first-order chi connectivity index (χ1) is 10.2. The number of benzene rings is 1. The van der Waals surface area contributed by atoms with E-state index in [-0.39, 0.29) is 5.25 Å². The van der Waals surface area contributed by atoms with Gasteiger partial charge < -0.3 is 0 Å². The van der Waals surface area contributed by atoms with Crippen LogP contribution in [0.4, 0.5) is 0 Å². The lowest BCUT2D eigenvalue weighted by atomic mass is 9.74. The van der Waals surface area contributed by atoms with Gasteiger partial charge in [0.15, 0.2) is 9.84 Å². The molecule has 0 amide bonds. The SMILES string of the molecule is O=S(=O)(c1ccccc1)[C@@H]1CN2CCC[C@@H]3CCC[C@@H]1[C@@H]32. The van der Waals surface area contributed by atoms with E-state index in [9.17, 15) is 8.42 Å². The molecule has 2 heterocycles. The summed E-state index contributed by atoms with van der Waals surface area (Å²) in [6.45, 7) is 1.85. The molecule has 114 valence electrons. The predicted molar refractivity (Wildman–Crippen MR) is 82.8 cm³/mol. The first kappa shape index (κ1) is 13.8. The summed E-state index contributed by atoms with van der Waals surface area (Å²) >= 11 is 0. The van der Waals surface area contributed by atoms with Gasteiger partial charge >= 0.3 is 0 Å². The van der Waals surface area contributed by atoms with Gasteiger partial charge in [0, 0.05) is 12.6 Å². The van der Waals surface area contributed by atoms with Crippen molar-refractivity contribution in [2.24, 2.45) is 11.8 Å². The zero-order valence-corrected chi connectivity index (χ0v) is 13.1. The first-order valence-corrected chi connectivity index (χ1v) is 9.75. The molecule has 21 heavy (non-hydrogen) atoms. The Labute approximate surface area is 127 Å². The van der Waals surface area contributed by atoms with Crippen LogP contribution in [-0.4, -0.2) is 37.7 Å². The molecule has 0 aromatic heterocycles. The average Bonchev–Trinajstić information content (AvgIpc) is 2.91. The lowest BCUT2D eigenvalue weighted by Gasteiger charge is -2.42. The highest BCUT2D eigenvalue weighted by atomic mass is 32.2. The molecule has 1 saturated carbocycles. The average molecular weight is 305 g/mol. The molecule has 0 unspecified atom stereocenters. The Morgan fingerprint density at radius 2 is 1.76 bits per heavy atom. The first-order valence-electron chi connectivity index (χ1n) is 8.21. The molecule has 0 N–H and O–H groups in total. The fourth-order valence-corrected chi connectivity index (χ4v) is 7.03. The lowest BCUT2D eigenvalue weighted by Crippen LogP contribution is -2.45. The van der Waals surface area contributed by atoms with Gasteiger partial charge in [0.2, 0.25) is 0 Å². The highest BCUT2D eigenvalue weighted by molar-refractivity contribution is 7.92. The summed E-state index contributed by atoms with van der Waals surface area (Å²) < 4.78 is 26.1. The molecule has 3 nitrogen and oxygen atoms in total. The van der Waals surface area contributed by atoms with Crippen LogP contribution in [0.3, 0.4) is 0 Å². The van der Waals surface area contributed by atoms with E-state index >= 15 is 0 Å². The second-order valence-electron chi connectivity index (χ2n) is 6.88. The molecule has 1 aliphatic carbocycles. The molecule has 3 fully saturated rings. The highest BCUT2D eigenvalue weighted by Gasteiger charge is 2.52. The Kier molecular flexibility index (Phi) is 3.34. The molecule has 2 aliphatic heterocycles. The van der Waals surface area contributed by atoms with Gasteiger partial charge in [0.05, 0.1) is 10.1 Å². The van der Waals surface area contributed by atoms with Gasteiger partial charge in [-0.2, -0.15) is 0 Å². The van der Waals surface area contributed by atoms with Gasteiger partial charge in [0.1, 0.15) is 0 Å². The lowest BCUT2D eigenvalue weighted by molar-refractivity contribution is 0.0760. The van der Waals surface area contributed by atoms with Crippen LogP contribution in [0.1, 0.15) is 32.1 Å². The standard InChI is InChI=1S/C17H23NO2S/c19-21(20,14-8-2-1-3-9-14)16-12-18-11-5-7-13-6-4-10-15(16)17(13)18/h1-3,8-9,13,15-17H,4-7,10-12H2/t13-,15-,16+,17+/m0/s1. The maximum atomic E-state index is 13.1. The van der Waals surface area contributed by atoms with Crippen LogP contribution in [0.25, 0.3) is 0 Å². The second-order valence-corrected chi connectivity index (χ2v) is 9.05. The summed E-state index contributed by atoms with van der Waals surface area (Å²) in [6, 6.07) is 9.60. The minimum atomic E-state index is -3.19. The minimum absolute atomic E-state index is 0.189. The molecule has 4 rings (SSSR count). The highest BCUT2D eigenvalue weighted by Crippen LogP contribution is 2.47. The molecule has 2 saturated heterocycles. The van der Waals surface area contributed by atoms with Crippen LogP contribution in [-0.2, 0) is 9.84 Å². The molecule has 1 aromatic carbocycles. The zero-order chi connectivity index (χ0) is 14.4. The predicted octanol–water partition coefficient (Wildman–Crippen LogP) is 2.72. The Balaban J connectivity index is 1.70. The third-order valence-corrected chi connectivity index (χ3v) is 8.06. The third-order valence-electron chi connectivity index (χ3n) is 5.84. The van der Waals surface area contributed by atoms with Crippen molar-refractivity contribution in [1.82, 2.24) is 4.90 Å². The third kappa shape index (κ3) is 2.15. The summed E-state index contributed by atoms with van der Waals surface area (Å²) in [4.78, 5) is 3.00. The Morgan fingerprint density at radius 1 is 1.00 bits per heavy atom. The van der Waals surface area contributed by atoms with E-state index in [2.05, 4.69) is 4.90 Å². The van der Waals surface area contributed by atoms with E-state index in [4.69, 9.17) is 0 Å². The number of sulfone groups is 1. The van der Waals surface area contributed by atoms with Crippen molar-refractivity contribution in [3.05, 3.63) is 30.3 Å². The van der Waals surface area contributed by atoms with Gasteiger partial charge in [-0.15, -0.1) is 0 Å². The minimum Gasteiger partial charge on any atom is -0.298 e. The molecule has 0 spiro atoms. The van der Waals surface area contributed by atoms with Gasteiger partial charge in [-0.25, -0.2) is 8.42 Å². The Bertz CT molecular complexity index is 611. The van der Waals surface area contributed by atoms with Crippen LogP contribution < -0.4 is 0 Å². The van der Waals surface area contributed by atoms with E-state index in [0.717, 1.165) is 25.4 Å². The van der Waals surface area contributed by atoms with Crippen LogP contribution in [0.2, 0.25) is 0 Å². The number of hydrogen-bond donors (Lipinski definition) is 0. The van der Waals surface area contributed by atoms with Gasteiger partial charge in [-0.05, 0) is 56.2 Å². The maximum Gasteiger partial charge on any atom is 0.182 e. The summed E-state index contributed by atoms with van der Waals surface area (Å²) in [6.07, 6.45) is 6.15. The Morgan fingerprint density at radius 3 is 2.57 bits per heavy atom. The quantitative estimate of drug-likeness (QED) is 0.843. The number of nitrogens with zero attached hydrogens (tertiary/aromatic N) is 1. The molecule has 4 atom stereocenters. The summed E-state index contributed by atoms with van der Waals surface area (Å²) in [5, 5.41) is -0.189. The van der Waals surface area contributed by atoms with E-state index in [0.29, 0.717) is 16.9 Å². The zero-order valence-electron chi connectivity index (χ0n) is 12.3. The van der Waals surface area contributed by atoms with E-state index in [1.165, 1.54) is 25.7 Å². The van der Waals surface area contributed by atoms with Crippen LogP contribution >= 0.6 is 0 Å². The summed E-state index contributed by atoms with van der Waals surface area (Å²) in [7, 11) is -3.19.